The number of carbonyl (C=O) groups is 1. The van der Waals surface area contributed by atoms with Gasteiger partial charge in [-0.1, -0.05) is 19.3 Å². The van der Waals surface area contributed by atoms with Gasteiger partial charge in [0.15, 0.2) is 0 Å². The van der Waals surface area contributed by atoms with Crippen LogP contribution in [0.1, 0.15) is 46.0 Å². The number of nitrogens with zero attached hydrogens (tertiary/aromatic N) is 1. The molecule has 1 aliphatic rings. The monoisotopic (exact) mass is 353 g/mol. The number of nitrogens with one attached hydrogen (secondary N) is 2. The minimum atomic E-state index is -3.50. The van der Waals surface area contributed by atoms with Crippen molar-refractivity contribution >= 4 is 21.7 Å². The van der Waals surface area contributed by atoms with Crippen LogP contribution in [0.4, 0.5) is 10.5 Å². The maximum Gasteiger partial charge on any atom is 0.319 e. The molecule has 7 heteroatoms. The van der Waals surface area contributed by atoms with Gasteiger partial charge < -0.3 is 10.6 Å². The van der Waals surface area contributed by atoms with Crippen LogP contribution < -0.4 is 10.6 Å². The zero-order chi connectivity index (χ0) is 17.7. The van der Waals surface area contributed by atoms with E-state index in [9.17, 15) is 13.2 Å². The van der Waals surface area contributed by atoms with E-state index in [-0.39, 0.29) is 23.0 Å². The lowest BCUT2D eigenvalue weighted by atomic mass is 9.96. The zero-order valence-electron chi connectivity index (χ0n) is 14.6. The first-order valence-corrected chi connectivity index (χ1v) is 9.90. The minimum Gasteiger partial charge on any atom is -0.335 e. The molecule has 2 amide bonds. The van der Waals surface area contributed by atoms with Crippen LogP contribution >= 0.6 is 0 Å². The van der Waals surface area contributed by atoms with Crippen LogP contribution in [0.5, 0.6) is 0 Å². The first-order valence-electron chi connectivity index (χ1n) is 8.46. The van der Waals surface area contributed by atoms with Gasteiger partial charge in [0.2, 0.25) is 10.0 Å². The van der Waals surface area contributed by atoms with Crippen LogP contribution in [0, 0.1) is 0 Å². The van der Waals surface area contributed by atoms with Gasteiger partial charge in [0.25, 0.3) is 0 Å². The van der Waals surface area contributed by atoms with Crippen LogP contribution in [0.15, 0.2) is 29.2 Å². The van der Waals surface area contributed by atoms with Gasteiger partial charge >= 0.3 is 6.03 Å². The van der Waals surface area contributed by atoms with E-state index in [1.807, 2.05) is 13.8 Å². The summed E-state index contributed by atoms with van der Waals surface area (Å²) in [6, 6.07) is 6.14. The van der Waals surface area contributed by atoms with E-state index in [0.717, 1.165) is 25.7 Å². The predicted molar refractivity (Wildman–Crippen MR) is 95.6 cm³/mol. The van der Waals surface area contributed by atoms with Crippen molar-refractivity contribution in [2.45, 2.75) is 62.9 Å². The highest BCUT2D eigenvalue weighted by Gasteiger charge is 2.23. The van der Waals surface area contributed by atoms with Gasteiger partial charge in [-0.3, -0.25) is 0 Å². The number of anilines is 1. The van der Waals surface area contributed by atoms with Gasteiger partial charge in [0.1, 0.15) is 0 Å². The molecule has 1 aromatic carbocycles. The molecule has 1 saturated carbocycles. The van der Waals surface area contributed by atoms with E-state index in [1.54, 1.807) is 19.2 Å². The maximum absolute atomic E-state index is 12.4. The Bertz CT molecular complexity index is 650. The van der Waals surface area contributed by atoms with Crippen molar-refractivity contribution in [3.05, 3.63) is 24.3 Å². The fourth-order valence-corrected chi connectivity index (χ4v) is 4.12. The second-order valence-electron chi connectivity index (χ2n) is 6.57. The van der Waals surface area contributed by atoms with Crippen LogP contribution in [0.25, 0.3) is 0 Å². The fourth-order valence-electron chi connectivity index (χ4n) is 2.75. The number of benzene rings is 1. The zero-order valence-corrected chi connectivity index (χ0v) is 15.4. The molecule has 0 heterocycles. The molecule has 1 aromatic rings. The Kier molecular flexibility index (Phi) is 6.23. The van der Waals surface area contributed by atoms with Crippen LogP contribution in [-0.2, 0) is 10.0 Å². The number of urea groups is 1. The molecule has 2 N–H and O–H groups in total. The summed E-state index contributed by atoms with van der Waals surface area (Å²) in [4.78, 5) is 12.2. The molecule has 0 spiro atoms. The quantitative estimate of drug-likeness (QED) is 0.853. The molecule has 134 valence electrons. The summed E-state index contributed by atoms with van der Waals surface area (Å²) in [6.45, 7) is 3.64. The molecular weight excluding hydrogens is 326 g/mol. The average molecular weight is 353 g/mol. The molecule has 0 atom stereocenters. The van der Waals surface area contributed by atoms with E-state index in [0.29, 0.717) is 5.69 Å². The van der Waals surface area contributed by atoms with Gasteiger partial charge in [-0.25, -0.2) is 13.2 Å². The van der Waals surface area contributed by atoms with Gasteiger partial charge in [0.05, 0.1) is 4.90 Å². The Balaban J connectivity index is 1.97. The molecule has 0 aromatic heterocycles. The number of hydrogen-bond acceptors (Lipinski definition) is 3. The molecule has 0 radical (unpaired) electrons. The van der Waals surface area contributed by atoms with Crippen LogP contribution in [0.3, 0.4) is 0 Å². The third-order valence-corrected chi connectivity index (χ3v) is 6.50. The van der Waals surface area contributed by atoms with Crippen molar-refractivity contribution in [1.82, 2.24) is 9.62 Å². The Morgan fingerprint density at radius 2 is 1.71 bits per heavy atom. The molecule has 0 aliphatic heterocycles. The molecular formula is C17H27N3O3S. The van der Waals surface area contributed by atoms with Crippen molar-refractivity contribution < 1.29 is 13.2 Å². The largest absolute Gasteiger partial charge is 0.335 e. The number of amides is 2. The molecule has 0 saturated heterocycles. The molecule has 6 nitrogen and oxygen atoms in total. The lowest BCUT2D eigenvalue weighted by Gasteiger charge is -2.23. The van der Waals surface area contributed by atoms with E-state index in [1.165, 1.54) is 22.9 Å². The SMILES string of the molecule is CC(C)N(C)S(=O)(=O)c1ccc(NC(=O)NC2CCCCC2)cc1. The molecule has 1 aliphatic carbocycles. The lowest BCUT2D eigenvalue weighted by Crippen LogP contribution is -2.39. The van der Waals surface area contributed by atoms with Crippen molar-refractivity contribution in [3.8, 4) is 0 Å². The molecule has 1 fully saturated rings. The van der Waals surface area contributed by atoms with Crippen molar-refractivity contribution in [2.24, 2.45) is 0 Å². The van der Waals surface area contributed by atoms with Crippen molar-refractivity contribution in [2.75, 3.05) is 12.4 Å². The summed E-state index contributed by atoms with van der Waals surface area (Å²) in [5, 5.41) is 5.73. The Labute approximate surface area is 144 Å². The van der Waals surface area contributed by atoms with Gasteiger partial charge in [0, 0.05) is 24.8 Å². The maximum atomic E-state index is 12.4. The normalized spacial score (nSPS) is 16.4. The topological polar surface area (TPSA) is 78.5 Å². The third kappa shape index (κ3) is 4.70. The summed E-state index contributed by atoms with van der Waals surface area (Å²) < 4.78 is 26.1. The highest BCUT2D eigenvalue weighted by atomic mass is 32.2. The second kappa shape index (κ2) is 7.98. The van der Waals surface area contributed by atoms with Gasteiger partial charge in [-0.2, -0.15) is 4.31 Å². The number of rotatable bonds is 5. The second-order valence-corrected chi connectivity index (χ2v) is 8.57. The Hall–Kier alpha value is -1.60. The molecule has 24 heavy (non-hydrogen) atoms. The summed E-state index contributed by atoms with van der Waals surface area (Å²) in [5.41, 5.74) is 0.578. The highest BCUT2D eigenvalue weighted by Crippen LogP contribution is 2.20. The summed E-state index contributed by atoms with van der Waals surface area (Å²) in [6.07, 6.45) is 5.58. The summed E-state index contributed by atoms with van der Waals surface area (Å²) in [5.74, 6) is 0. The lowest BCUT2D eigenvalue weighted by molar-refractivity contribution is 0.244. The van der Waals surface area contributed by atoms with Crippen molar-refractivity contribution in [3.63, 3.8) is 0 Å². The van der Waals surface area contributed by atoms with E-state index in [2.05, 4.69) is 10.6 Å². The standard InChI is InChI=1S/C17H27N3O3S/c1-13(2)20(3)24(22,23)16-11-9-15(10-12-16)19-17(21)18-14-7-5-4-6-8-14/h9-14H,4-8H2,1-3H3,(H2,18,19,21). The minimum absolute atomic E-state index is 0.117. The van der Waals surface area contributed by atoms with E-state index < -0.39 is 10.0 Å². The predicted octanol–water partition coefficient (Wildman–Crippen LogP) is 3.17. The Morgan fingerprint density at radius 1 is 1.12 bits per heavy atom. The number of sulfonamides is 1. The first kappa shape index (κ1) is 18.7. The van der Waals surface area contributed by atoms with Crippen LogP contribution in [-0.4, -0.2) is 37.9 Å². The fraction of sp³-hybridized carbons (Fsp3) is 0.588. The summed E-state index contributed by atoms with van der Waals surface area (Å²) in [7, 11) is -1.94. The first-order chi connectivity index (χ1) is 11.3. The smallest absolute Gasteiger partial charge is 0.319 e. The van der Waals surface area contributed by atoms with Crippen LogP contribution in [0.2, 0.25) is 0 Å². The summed E-state index contributed by atoms with van der Waals surface area (Å²) >= 11 is 0. The molecule has 2 rings (SSSR count). The van der Waals surface area contributed by atoms with E-state index >= 15 is 0 Å². The molecule has 0 unspecified atom stereocenters. The third-order valence-electron chi connectivity index (χ3n) is 4.46. The Morgan fingerprint density at radius 3 is 2.25 bits per heavy atom. The van der Waals surface area contributed by atoms with E-state index in [4.69, 9.17) is 0 Å². The van der Waals surface area contributed by atoms with Gasteiger partial charge in [-0.05, 0) is 51.0 Å². The highest BCUT2D eigenvalue weighted by molar-refractivity contribution is 7.89. The molecule has 0 bridgehead atoms. The van der Waals surface area contributed by atoms with Gasteiger partial charge in [-0.15, -0.1) is 0 Å². The number of carbonyl (C=O) groups excluding carboxylic acids is 1. The average Bonchev–Trinajstić information content (AvgIpc) is 2.55. The van der Waals surface area contributed by atoms with Crippen molar-refractivity contribution in [1.29, 1.82) is 0 Å². The number of hydrogen-bond donors (Lipinski definition) is 2.